The third-order valence-electron chi connectivity index (χ3n) is 2.52. The summed E-state index contributed by atoms with van der Waals surface area (Å²) in [6, 6.07) is 0.350. The standard InChI is InChI=1S/C9H16N2/c1-2-5-9(11-10)8-6-3-4-7-8/h1,8-9,11H,3-7,10H2. The van der Waals surface area contributed by atoms with Crippen molar-refractivity contribution < 1.29 is 0 Å². The molecule has 0 bridgehead atoms. The summed E-state index contributed by atoms with van der Waals surface area (Å²) in [6.45, 7) is 0. The highest BCUT2D eigenvalue weighted by Crippen LogP contribution is 2.28. The molecule has 0 aliphatic heterocycles. The minimum atomic E-state index is 0.350. The zero-order valence-corrected chi connectivity index (χ0v) is 6.84. The molecule has 1 fully saturated rings. The van der Waals surface area contributed by atoms with E-state index in [1.54, 1.807) is 0 Å². The van der Waals surface area contributed by atoms with Gasteiger partial charge in [-0.2, -0.15) is 0 Å². The number of terminal acetylenes is 1. The number of nitrogens with one attached hydrogen (secondary N) is 1. The Labute approximate surface area is 68.5 Å². The Bertz CT molecular complexity index is 142. The molecule has 0 spiro atoms. The van der Waals surface area contributed by atoms with Gasteiger partial charge in [-0.05, 0) is 18.8 Å². The summed E-state index contributed by atoms with van der Waals surface area (Å²) < 4.78 is 0. The highest BCUT2D eigenvalue weighted by atomic mass is 15.2. The van der Waals surface area contributed by atoms with Crippen LogP contribution in [0.3, 0.4) is 0 Å². The molecule has 0 heterocycles. The Kier molecular flexibility index (Phi) is 3.41. The van der Waals surface area contributed by atoms with Crippen molar-refractivity contribution in [3.05, 3.63) is 0 Å². The molecule has 0 aromatic heterocycles. The highest BCUT2D eigenvalue weighted by Gasteiger charge is 2.22. The fraction of sp³-hybridized carbons (Fsp3) is 0.778. The van der Waals surface area contributed by atoms with Crippen LogP contribution < -0.4 is 11.3 Å². The van der Waals surface area contributed by atoms with Crippen LogP contribution in [0.5, 0.6) is 0 Å². The molecule has 2 heteroatoms. The van der Waals surface area contributed by atoms with Crippen molar-refractivity contribution >= 4 is 0 Å². The van der Waals surface area contributed by atoms with E-state index in [1.807, 2.05) is 0 Å². The average molecular weight is 152 g/mol. The lowest BCUT2D eigenvalue weighted by Gasteiger charge is -2.19. The largest absolute Gasteiger partial charge is 0.271 e. The van der Waals surface area contributed by atoms with Gasteiger partial charge in [0.2, 0.25) is 0 Å². The molecule has 11 heavy (non-hydrogen) atoms. The van der Waals surface area contributed by atoms with Crippen molar-refractivity contribution in [3.8, 4) is 12.3 Å². The fourth-order valence-corrected chi connectivity index (χ4v) is 1.85. The maximum Gasteiger partial charge on any atom is 0.0348 e. The minimum Gasteiger partial charge on any atom is -0.271 e. The molecule has 3 N–H and O–H groups in total. The van der Waals surface area contributed by atoms with Gasteiger partial charge in [-0.25, -0.2) is 0 Å². The van der Waals surface area contributed by atoms with Gasteiger partial charge >= 0.3 is 0 Å². The molecule has 0 aromatic rings. The number of hydrogen-bond donors (Lipinski definition) is 2. The van der Waals surface area contributed by atoms with Crippen molar-refractivity contribution in [2.24, 2.45) is 11.8 Å². The van der Waals surface area contributed by atoms with E-state index in [0.29, 0.717) is 6.04 Å². The van der Waals surface area contributed by atoms with Crippen LogP contribution in [0.15, 0.2) is 0 Å². The maximum atomic E-state index is 5.39. The predicted molar refractivity (Wildman–Crippen MR) is 46.5 cm³/mol. The Balaban J connectivity index is 2.34. The van der Waals surface area contributed by atoms with Gasteiger partial charge < -0.3 is 0 Å². The molecular formula is C9H16N2. The van der Waals surface area contributed by atoms with E-state index in [1.165, 1.54) is 25.7 Å². The van der Waals surface area contributed by atoms with Crippen LogP contribution in [0, 0.1) is 18.3 Å². The van der Waals surface area contributed by atoms with Crippen LogP contribution in [-0.4, -0.2) is 6.04 Å². The first kappa shape index (κ1) is 8.58. The monoisotopic (exact) mass is 152 g/mol. The van der Waals surface area contributed by atoms with E-state index in [0.717, 1.165) is 12.3 Å². The summed E-state index contributed by atoms with van der Waals surface area (Å²) in [7, 11) is 0. The van der Waals surface area contributed by atoms with Gasteiger partial charge in [-0.15, -0.1) is 12.3 Å². The molecular weight excluding hydrogens is 136 g/mol. The summed E-state index contributed by atoms with van der Waals surface area (Å²) in [5.74, 6) is 8.76. The Morgan fingerprint density at radius 2 is 2.18 bits per heavy atom. The third kappa shape index (κ3) is 2.21. The summed E-state index contributed by atoms with van der Waals surface area (Å²) >= 11 is 0. The molecule has 0 amide bonds. The molecule has 1 atom stereocenters. The van der Waals surface area contributed by atoms with Crippen molar-refractivity contribution in [1.82, 2.24) is 5.43 Å². The van der Waals surface area contributed by atoms with Crippen molar-refractivity contribution in [2.75, 3.05) is 0 Å². The third-order valence-corrected chi connectivity index (χ3v) is 2.52. The van der Waals surface area contributed by atoms with Crippen LogP contribution in [0.2, 0.25) is 0 Å². The molecule has 1 unspecified atom stereocenters. The van der Waals surface area contributed by atoms with Gasteiger partial charge in [0, 0.05) is 12.5 Å². The smallest absolute Gasteiger partial charge is 0.0348 e. The second kappa shape index (κ2) is 4.38. The Hall–Kier alpha value is -0.520. The van der Waals surface area contributed by atoms with Gasteiger partial charge in [-0.1, -0.05) is 12.8 Å². The summed E-state index contributed by atoms with van der Waals surface area (Å²) in [5.41, 5.74) is 2.80. The minimum absolute atomic E-state index is 0.350. The molecule has 1 aliphatic carbocycles. The lowest BCUT2D eigenvalue weighted by molar-refractivity contribution is 0.369. The number of nitrogens with two attached hydrogens (primary N) is 1. The van der Waals surface area contributed by atoms with E-state index in [2.05, 4.69) is 11.3 Å². The Morgan fingerprint density at radius 1 is 1.55 bits per heavy atom. The molecule has 2 nitrogen and oxygen atoms in total. The number of hydrazine groups is 1. The quantitative estimate of drug-likeness (QED) is 0.360. The van der Waals surface area contributed by atoms with E-state index in [9.17, 15) is 0 Å². The molecule has 1 aliphatic rings. The first-order valence-electron chi connectivity index (χ1n) is 4.28. The normalized spacial score (nSPS) is 21.5. The first-order valence-corrected chi connectivity index (χ1v) is 4.28. The molecule has 0 saturated heterocycles. The second-order valence-corrected chi connectivity index (χ2v) is 3.23. The van der Waals surface area contributed by atoms with Crippen LogP contribution in [0.1, 0.15) is 32.1 Å². The lowest BCUT2D eigenvalue weighted by atomic mass is 9.96. The van der Waals surface area contributed by atoms with Gasteiger partial charge in [0.15, 0.2) is 0 Å². The van der Waals surface area contributed by atoms with Crippen LogP contribution >= 0.6 is 0 Å². The van der Waals surface area contributed by atoms with Gasteiger partial charge in [0.25, 0.3) is 0 Å². The molecule has 0 radical (unpaired) electrons. The van der Waals surface area contributed by atoms with E-state index in [4.69, 9.17) is 12.3 Å². The topological polar surface area (TPSA) is 38.0 Å². The van der Waals surface area contributed by atoms with E-state index in [-0.39, 0.29) is 0 Å². The highest BCUT2D eigenvalue weighted by molar-refractivity contribution is 4.92. The molecule has 1 rings (SSSR count). The average Bonchev–Trinajstić information content (AvgIpc) is 2.52. The molecule has 0 aromatic carbocycles. The van der Waals surface area contributed by atoms with Crippen molar-refractivity contribution in [1.29, 1.82) is 0 Å². The zero-order chi connectivity index (χ0) is 8.10. The predicted octanol–water partition coefficient (Wildman–Crippen LogP) is 1.03. The van der Waals surface area contributed by atoms with E-state index >= 15 is 0 Å². The van der Waals surface area contributed by atoms with Gasteiger partial charge in [0.1, 0.15) is 0 Å². The maximum absolute atomic E-state index is 5.39. The second-order valence-electron chi connectivity index (χ2n) is 3.23. The van der Waals surface area contributed by atoms with Crippen molar-refractivity contribution in [3.63, 3.8) is 0 Å². The van der Waals surface area contributed by atoms with Crippen LogP contribution in [0.25, 0.3) is 0 Å². The zero-order valence-electron chi connectivity index (χ0n) is 6.84. The SMILES string of the molecule is C#CCC(NN)C1CCCC1. The van der Waals surface area contributed by atoms with Gasteiger partial charge in [0.05, 0.1) is 0 Å². The van der Waals surface area contributed by atoms with E-state index < -0.39 is 0 Å². The lowest BCUT2D eigenvalue weighted by Crippen LogP contribution is -2.39. The first-order chi connectivity index (χ1) is 5.38. The van der Waals surface area contributed by atoms with Crippen molar-refractivity contribution in [2.45, 2.75) is 38.1 Å². The summed E-state index contributed by atoms with van der Waals surface area (Å²) in [6.07, 6.45) is 11.2. The number of rotatable bonds is 3. The van der Waals surface area contributed by atoms with Gasteiger partial charge in [-0.3, -0.25) is 11.3 Å². The molecule has 1 saturated carbocycles. The van der Waals surface area contributed by atoms with Crippen LogP contribution in [-0.2, 0) is 0 Å². The Morgan fingerprint density at radius 3 is 2.64 bits per heavy atom. The molecule has 62 valence electrons. The number of hydrogen-bond acceptors (Lipinski definition) is 2. The summed E-state index contributed by atoms with van der Waals surface area (Å²) in [4.78, 5) is 0. The fourth-order valence-electron chi connectivity index (χ4n) is 1.85. The van der Waals surface area contributed by atoms with Crippen LogP contribution in [0.4, 0.5) is 0 Å². The summed E-state index contributed by atoms with van der Waals surface area (Å²) in [5, 5.41) is 0.